The van der Waals surface area contributed by atoms with Crippen LogP contribution >= 0.6 is 0 Å². The predicted molar refractivity (Wildman–Crippen MR) is 52.9 cm³/mol. The van der Waals surface area contributed by atoms with E-state index in [-0.39, 0.29) is 18.0 Å². The third-order valence-electron chi connectivity index (χ3n) is 3.24. The fraction of sp³-hybridized carbons (Fsp3) is 0.889. The third kappa shape index (κ3) is 1.72. The van der Waals surface area contributed by atoms with E-state index in [1.54, 1.807) is 6.82 Å². The molecule has 3 atom stereocenters. The zero-order valence-electron chi connectivity index (χ0n) is 8.43. The highest BCUT2D eigenvalue weighted by molar-refractivity contribution is 6.45. The van der Waals surface area contributed by atoms with Gasteiger partial charge in [-0.1, -0.05) is 0 Å². The van der Waals surface area contributed by atoms with Crippen molar-refractivity contribution in [2.75, 3.05) is 13.2 Å². The number of carbonyl (C=O) groups is 1. The van der Waals surface area contributed by atoms with E-state index in [1.807, 2.05) is 0 Å². The van der Waals surface area contributed by atoms with Gasteiger partial charge in [-0.25, -0.2) is 0 Å². The van der Waals surface area contributed by atoms with Crippen molar-refractivity contribution in [3.63, 3.8) is 0 Å². The summed E-state index contributed by atoms with van der Waals surface area (Å²) in [4.78, 5) is 12.8. The number of carbonyl (C=O) groups excluding carboxylic acids is 1. The van der Waals surface area contributed by atoms with Gasteiger partial charge in [-0.2, -0.15) is 0 Å². The van der Waals surface area contributed by atoms with Crippen LogP contribution in [0.2, 0.25) is 6.82 Å². The second-order valence-electron chi connectivity index (χ2n) is 4.29. The van der Waals surface area contributed by atoms with E-state index < -0.39 is 7.05 Å². The summed E-state index contributed by atoms with van der Waals surface area (Å²) in [5, 5.41) is 9.62. The molecule has 0 saturated carbocycles. The Hall–Kier alpha value is -0.385. The number of fused-ring (bicyclic) bond motifs is 2. The third-order valence-corrected chi connectivity index (χ3v) is 3.24. The van der Waals surface area contributed by atoms with Crippen LogP contribution < -0.4 is 0 Å². The van der Waals surface area contributed by atoms with Gasteiger partial charge in [-0.15, -0.1) is 0 Å². The van der Waals surface area contributed by atoms with Crippen molar-refractivity contribution in [1.82, 2.24) is 4.81 Å². The highest BCUT2D eigenvalue weighted by Gasteiger charge is 2.41. The number of piperidine rings is 1. The average molecular weight is 197 g/mol. The lowest BCUT2D eigenvalue weighted by Gasteiger charge is -2.48. The fourth-order valence-electron chi connectivity index (χ4n) is 2.71. The Kier molecular flexibility index (Phi) is 2.90. The number of hydrogen-bond acceptors (Lipinski definition) is 4. The Morgan fingerprint density at radius 2 is 2.00 bits per heavy atom. The van der Waals surface area contributed by atoms with Crippen molar-refractivity contribution in [2.45, 2.75) is 31.7 Å². The van der Waals surface area contributed by atoms with Gasteiger partial charge in [0.25, 0.3) is 0 Å². The van der Waals surface area contributed by atoms with Crippen molar-refractivity contribution in [3.8, 4) is 0 Å². The lowest BCUT2D eigenvalue weighted by atomic mass is 9.74. The molecule has 0 aromatic carbocycles. The van der Waals surface area contributed by atoms with Crippen LogP contribution in [0.15, 0.2) is 0 Å². The molecule has 5 heteroatoms. The molecule has 1 unspecified atom stereocenters. The fourth-order valence-corrected chi connectivity index (χ4v) is 2.71. The van der Waals surface area contributed by atoms with Crippen LogP contribution in [0.1, 0.15) is 12.8 Å². The Morgan fingerprint density at radius 1 is 1.43 bits per heavy atom. The van der Waals surface area contributed by atoms with Gasteiger partial charge in [0, 0.05) is 18.0 Å². The molecule has 2 fully saturated rings. The molecule has 2 rings (SSSR count). The molecule has 1 N–H and O–H groups in total. The normalized spacial score (nSPS) is 38.0. The SMILES string of the molecule is CB(O)N1[C@@H]2COC[C@H]1CC(C=O)C2. The molecule has 2 bridgehead atoms. The minimum atomic E-state index is -0.429. The molecule has 14 heavy (non-hydrogen) atoms. The molecule has 0 aromatic heterocycles. The predicted octanol–water partition coefficient (Wildman–Crippen LogP) is -0.225. The summed E-state index contributed by atoms with van der Waals surface area (Å²) in [5.41, 5.74) is 0. The lowest BCUT2D eigenvalue weighted by molar-refractivity contribution is -0.117. The Bertz CT molecular complexity index is 210. The number of nitrogens with zero attached hydrogens (tertiary/aromatic N) is 1. The van der Waals surface area contributed by atoms with Crippen LogP contribution in [0.5, 0.6) is 0 Å². The first-order chi connectivity index (χ1) is 6.72. The van der Waals surface area contributed by atoms with Crippen LogP contribution in [0.25, 0.3) is 0 Å². The van der Waals surface area contributed by atoms with E-state index in [9.17, 15) is 9.82 Å². The topological polar surface area (TPSA) is 49.8 Å². The first-order valence-corrected chi connectivity index (χ1v) is 5.21. The van der Waals surface area contributed by atoms with Crippen LogP contribution in [-0.4, -0.2) is 48.5 Å². The summed E-state index contributed by atoms with van der Waals surface area (Å²) in [6, 6.07) is 0.440. The average Bonchev–Trinajstić information content (AvgIpc) is 2.15. The first kappa shape index (κ1) is 10.1. The van der Waals surface area contributed by atoms with Crippen molar-refractivity contribution < 1.29 is 14.6 Å². The maximum absolute atomic E-state index is 10.7. The Balaban J connectivity index is 2.11. The maximum atomic E-state index is 10.7. The van der Waals surface area contributed by atoms with E-state index in [4.69, 9.17) is 4.74 Å². The number of morpholine rings is 1. The summed E-state index contributed by atoms with van der Waals surface area (Å²) in [6.07, 6.45) is 2.69. The van der Waals surface area contributed by atoms with E-state index >= 15 is 0 Å². The molecule has 2 aliphatic rings. The Morgan fingerprint density at radius 3 is 2.43 bits per heavy atom. The highest BCUT2D eigenvalue weighted by Crippen LogP contribution is 2.30. The van der Waals surface area contributed by atoms with E-state index in [0.29, 0.717) is 13.2 Å². The summed E-state index contributed by atoms with van der Waals surface area (Å²) < 4.78 is 5.44. The second-order valence-corrected chi connectivity index (χ2v) is 4.29. The van der Waals surface area contributed by atoms with Crippen molar-refractivity contribution >= 4 is 13.3 Å². The molecular weight excluding hydrogens is 181 g/mol. The molecule has 0 aliphatic carbocycles. The van der Waals surface area contributed by atoms with E-state index in [0.717, 1.165) is 19.1 Å². The minimum Gasteiger partial charge on any atom is -0.437 e. The maximum Gasteiger partial charge on any atom is 0.377 e. The molecule has 0 aromatic rings. The van der Waals surface area contributed by atoms with Crippen LogP contribution in [0.4, 0.5) is 0 Å². The smallest absolute Gasteiger partial charge is 0.377 e. The Labute approximate surface area is 84.4 Å². The van der Waals surface area contributed by atoms with Crippen molar-refractivity contribution in [2.24, 2.45) is 5.92 Å². The van der Waals surface area contributed by atoms with Crippen molar-refractivity contribution in [1.29, 1.82) is 0 Å². The monoisotopic (exact) mass is 197 g/mol. The molecule has 0 radical (unpaired) electrons. The molecule has 2 heterocycles. The summed E-state index contributed by atoms with van der Waals surface area (Å²) in [7, 11) is -0.429. The number of aldehydes is 1. The molecule has 2 aliphatic heterocycles. The van der Waals surface area contributed by atoms with Gasteiger partial charge >= 0.3 is 7.05 Å². The van der Waals surface area contributed by atoms with E-state index in [1.165, 1.54) is 0 Å². The highest BCUT2D eigenvalue weighted by atomic mass is 16.5. The zero-order valence-corrected chi connectivity index (χ0v) is 8.43. The molecule has 4 nitrogen and oxygen atoms in total. The molecule has 78 valence electrons. The van der Waals surface area contributed by atoms with Crippen molar-refractivity contribution in [3.05, 3.63) is 0 Å². The number of rotatable bonds is 2. The minimum absolute atomic E-state index is 0.156. The zero-order chi connectivity index (χ0) is 10.1. The summed E-state index contributed by atoms with van der Waals surface area (Å²) in [6.45, 7) is 3.07. The second kappa shape index (κ2) is 4.00. The van der Waals surface area contributed by atoms with Gasteiger partial charge in [-0.3, -0.25) is 0 Å². The van der Waals surface area contributed by atoms with Crippen LogP contribution in [0, 0.1) is 5.92 Å². The summed E-state index contributed by atoms with van der Waals surface area (Å²) in [5.74, 6) is 0.156. The lowest BCUT2D eigenvalue weighted by Crippen LogP contribution is -2.61. The number of hydrogen-bond donors (Lipinski definition) is 1. The van der Waals surface area contributed by atoms with Gasteiger partial charge in [0.15, 0.2) is 0 Å². The molecule has 0 spiro atoms. The van der Waals surface area contributed by atoms with Crippen LogP contribution in [0.3, 0.4) is 0 Å². The first-order valence-electron chi connectivity index (χ1n) is 5.21. The molecule has 0 amide bonds. The summed E-state index contributed by atoms with van der Waals surface area (Å²) >= 11 is 0. The molecular formula is C9H16BNO3. The van der Waals surface area contributed by atoms with Gasteiger partial charge in [0.2, 0.25) is 0 Å². The quantitative estimate of drug-likeness (QED) is 0.491. The van der Waals surface area contributed by atoms with Gasteiger partial charge < -0.3 is 19.4 Å². The van der Waals surface area contributed by atoms with Gasteiger partial charge in [0.1, 0.15) is 6.29 Å². The largest absolute Gasteiger partial charge is 0.437 e. The van der Waals surface area contributed by atoms with Crippen LogP contribution in [-0.2, 0) is 9.53 Å². The van der Waals surface area contributed by atoms with Gasteiger partial charge in [0.05, 0.1) is 13.2 Å². The van der Waals surface area contributed by atoms with E-state index in [2.05, 4.69) is 4.81 Å². The molecule has 2 saturated heterocycles. The standard InChI is InChI=1S/C9H16BNO3/c1-10(13)11-8-2-7(4-12)3-9(11)6-14-5-8/h4,7-9,13H,2-3,5-6H2,1H3/t7?,8-,9+. The number of ether oxygens (including phenoxy) is 1. The van der Waals surface area contributed by atoms with Gasteiger partial charge in [-0.05, 0) is 19.7 Å².